The van der Waals surface area contributed by atoms with Crippen LogP contribution in [0, 0.1) is 6.92 Å². The molecule has 0 atom stereocenters. The minimum absolute atomic E-state index is 0.141. The predicted octanol–water partition coefficient (Wildman–Crippen LogP) is 2.29. The lowest BCUT2D eigenvalue weighted by Crippen LogP contribution is -2.09. The van der Waals surface area contributed by atoms with E-state index in [-0.39, 0.29) is 5.56 Å². The SMILES string of the molecule is Cc1ccc(-c2nc3cnccc3c(=O)[nH]2)cc1. The van der Waals surface area contributed by atoms with Crippen LogP contribution in [0.15, 0.2) is 47.5 Å². The molecule has 3 aromatic rings. The standard InChI is InChI=1S/C14H11N3O/c1-9-2-4-10(5-3-9)13-16-12-8-15-7-6-11(12)14(18)17-13/h2-8H,1H3,(H,16,17,18). The van der Waals surface area contributed by atoms with Crippen molar-refractivity contribution >= 4 is 10.9 Å². The number of hydrogen-bond donors (Lipinski definition) is 1. The monoisotopic (exact) mass is 237 g/mol. The van der Waals surface area contributed by atoms with Crippen LogP contribution in [-0.4, -0.2) is 15.0 Å². The van der Waals surface area contributed by atoms with Crippen LogP contribution in [0.4, 0.5) is 0 Å². The van der Waals surface area contributed by atoms with Crippen molar-refractivity contribution in [3.05, 3.63) is 58.6 Å². The first-order valence-corrected chi connectivity index (χ1v) is 5.65. The number of rotatable bonds is 1. The van der Waals surface area contributed by atoms with Crippen LogP contribution in [0.5, 0.6) is 0 Å². The predicted molar refractivity (Wildman–Crippen MR) is 70.3 cm³/mol. The van der Waals surface area contributed by atoms with Crippen molar-refractivity contribution in [1.29, 1.82) is 0 Å². The molecule has 0 aliphatic carbocycles. The van der Waals surface area contributed by atoms with Crippen molar-refractivity contribution in [1.82, 2.24) is 15.0 Å². The van der Waals surface area contributed by atoms with Gasteiger partial charge in [-0.1, -0.05) is 29.8 Å². The van der Waals surface area contributed by atoms with Gasteiger partial charge in [-0.25, -0.2) is 4.98 Å². The molecule has 1 N–H and O–H groups in total. The number of aromatic amines is 1. The van der Waals surface area contributed by atoms with Gasteiger partial charge in [0.25, 0.3) is 5.56 Å². The molecule has 3 rings (SSSR count). The second-order valence-corrected chi connectivity index (χ2v) is 4.17. The minimum Gasteiger partial charge on any atom is -0.306 e. The Labute approximate surface area is 103 Å². The summed E-state index contributed by atoms with van der Waals surface area (Å²) in [6.45, 7) is 2.02. The van der Waals surface area contributed by atoms with Crippen molar-refractivity contribution in [3.8, 4) is 11.4 Å². The third-order valence-corrected chi connectivity index (χ3v) is 2.83. The van der Waals surface area contributed by atoms with Crippen LogP contribution in [-0.2, 0) is 0 Å². The van der Waals surface area contributed by atoms with Crippen LogP contribution in [0.1, 0.15) is 5.56 Å². The Hall–Kier alpha value is -2.49. The number of nitrogens with one attached hydrogen (secondary N) is 1. The average Bonchev–Trinajstić information content (AvgIpc) is 2.39. The number of benzene rings is 1. The molecule has 4 nitrogen and oxygen atoms in total. The number of fused-ring (bicyclic) bond motifs is 1. The Balaban J connectivity index is 2.24. The maximum atomic E-state index is 11.9. The van der Waals surface area contributed by atoms with Gasteiger partial charge in [0, 0.05) is 11.8 Å². The number of pyridine rings is 1. The van der Waals surface area contributed by atoms with Crippen molar-refractivity contribution in [3.63, 3.8) is 0 Å². The Morgan fingerprint density at radius 1 is 1.11 bits per heavy atom. The summed E-state index contributed by atoms with van der Waals surface area (Å²) >= 11 is 0. The molecular weight excluding hydrogens is 226 g/mol. The van der Waals surface area contributed by atoms with Crippen molar-refractivity contribution in [2.75, 3.05) is 0 Å². The van der Waals surface area contributed by atoms with Gasteiger partial charge in [0.1, 0.15) is 5.82 Å². The summed E-state index contributed by atoms with van der Waals surface area (Å²) in [5.74, 6) is 0.570. The largest absolute Gasteiger partial charge is 0.306 e. The topological polar surface area (TPSA) is 58.6 Å². The van der Waals surface area contributed by atoms with Crippen molar-refractivity contribution in [2.24, 2.45) is 0 Å². The fourth-order valence-corrected chi connectivity index (χ4v) is 1.84. The third-order valence-electron chi connectivity index (χ3n) is 2.83. The van der Waals surface area contributed by atoms with Gasteiger partial charge in [-0.2, -0.15) is 0 Å². The number of nitrogens with zero attached hydrogens (tertiary/aromatic N) is 2. The van der Waals surface area contributed by atoms with E-state index in [1.165, 1.54) is 5.56 Å². The average molecular weight is 237 g/mol. The minimum atomic E-state index is -0.141. The summed E-state index contributed by atoms with van der Waals surface area (Å²) in [7, 11) is 0. The van der Waals surface area contributed by atoms with Gasteiger partial charge in [0.05, 0.1) is 17.1 Å². The molecule has 0 unspecified atom stereocenters. The number of aryl methyl sites for hydroxylation is 1. The van der Waals surface area contributed by atoms with E-state index in [4.69, 9.17) is 0 Å². The smallest absolute Gasteiger partial charge is 0.259 e. The van der Waals surface area contributed by atoms with E-state index >= 15 is 0 Å². The van der Waals surface area contributed by atoms with E-state index in [2.05, 4.69) is 15.0 Å². The zero-order chi connectivity index (χ0) is 12.5. The molecule has 0 aliphatic heterocycles. The first kappa shape index (κ1) is 10.7. The van der Waals surface area contributed by atoms with Crippen LogP contribution in [0.2, 0.25) is 0 Å². The quantitative estimate of drug-likeness (QED) is 0.706. The second kappa shape index (κ2) is 4.07. The molecule has 0 bridgehead atoms. The summed E-state index contributed by atoms with van der Waals surface area (Å²) in [6, 6.07) is 9.53. The van der Waals surface area contributed by atoms with Gasteiger partial charge in [-0.3, -0.25) is 9.78 Å². The Kier molecular flexibility index (Phi) is 2.41. The molecule has 18 heavy (non-hydrogen) atoms. The number of hydrogen-bond acceptors (Lipinski definition) is 3. The van der Waals surface area contributed by atoms with Crippen LogP contribution < -0.4 is 5.56 Å². The molecule has 1 aromatic carbocycles. The highest BCUT2D eigenvalue weighted by Crippen LogP contribution is 2.16. The maximum absolute atomic E-state index is 11.9. The molecule has 0 amide bonds. The zero-order valence-corrected chi connectivity index (χ0v) is 9.84. The van der Waals surface area contributed by atoms with Gasteiger partial charge < -0.3 is 4.98 Å². The molecule has 4 heteroatoms. The normalized spacial score (nSPS) is 10.7. The molecule has 2 aromatic heterocycles. The van der Waals surface area contributed by atoms with E-state index in [1.54, 1.807) is 18.5 Å². The third kappa shape index (κ3) is 1.78. The van der Waals surface area contributed by atoms with Gasteiger partial charge >= 0.3 is 0 Å². The summed E-state index contributed by atoms with van der Waals surface area (Å²) in [4.78, 5) is 23.1. The fourth-order valence-electron chi connectivity index (χ4n) is 1.84. The zero-order valence-electron chi connectivity index (χ0n) is 9.84. The number of H-pyrrole nitrogens is 1. The highest BCUT2D eigenvalue weighted by Gasteiger charge is 2.05. The maximum Gasteiger partial charge on any atom is 0.259 e. The second-order valence-electron chi connectivity index (χ2n) is 4.17. The molecule has 0 saturated carbocycles. The van der Waals surface area contributed by atoms with Crippen molar-refractivity contribution in [2.45, 2.75) is 6.92 Å². The van der Waals surface area contributed by atoms with Crippen LogP contribution in [0.25, 0.3) is 22.3 Å². The molecule has 88 valence electrons. The van der Waals surface area contributed by atoms with Crippen LogP contribution >= 0.6 is 0 Å². The van der Waals surface area contributed by atoms with Gasteiger partial charge in [-0.05, 0) is 13.0 Å². The van der Waals surface area contributed by atoms with E-state index in [0.717, 1.165) is 5.56 Å². The molecular formula is C14H11N3O. The molecule has 0 aliphatic rings. The number of aromatic nitrogens is 3. The Bertz CT molecular complexity index is 760. The molecule has 2 heterocycles. The van der Waals surface area contributed by atoms with E-state index in [9.17, 15) is 4.79 Å². The lowest BCUT2D eigenvalue weighted by Gasteiger charge is -2.03. The lowest BCUT2D eigenvalue weighted by atomic mass is 10.1. The summed E-state index contributed by atoms with van der Waals surface area (Å²) < 4.78 is 0. The fraction of sp³-hybridized carbons (Fsp3) is 0.0714. The molecule has 0 fully saturated rings. The first-order chi connectivity index (χ1) is 8.74. The van der Waals surface area contributed by atoms with E-state index < -0.39 is 0 Å². The molecule has 0 radical (unpaired) electrons. The molecule has 0 saturated heterocycles. The van der Waals surface area contributed by atoms with Gasteiger partial charge in [0.15, 0.2) is 0 Å². The highest BCUT2D eigenvalue weighted by molar-refractivity contribution is 5.78. The van der Waals surface area contributed by atoms with E-state index in [1.807, 2.05) is 31.2 Å². The Morgan fingerprint density at radius 3 is 2.67 bits per heavy atom. The lowest BCUT2D eigenvalue weighted by molar-refractivity contribution is 1.16. The van der Waals surface area contributed by atoms with Crippen molar-refractivity contribution < 1.29 is 0 Å². The Morgan fingerprint density at radius 2 is 1.89 bits per heavy atom. The highest BCUT2D eigenvalue weighted by atomic mass is 16.1. The summed E-state index contributed by atoms with van der Waals surface area (Å²) in [5, 5.41) is 0.556. The van der Waals surface area contributed by atoms with Crippen LogP contribution in [0.3, 0.4) is 0 Å². The summed E-state index contributed by atoms with van der Waals surface area (Å²) in [5.41, 5.74) is 2.53. The van der Waals surface area contributed by atoms with Gasteiger partial charge in [-0.15, -0.1) is 0 Å². The first-order valence-electron chi connectivity index (χ1n) is 5.65. The summed E-state index contributed by atoms with van der Waals surface area (Å²) in [6.07, 6.45) is 3.19. The molecule has 0 spiro atoms. The van der Waals surface area contributed by atoms with Gasteiger partial charge in [0.2, 0.25) is 0 Å². The van der Waals surface area contributed by atoms with E-state index in [0.29, 0.717) is 16.7 Å².